The van der Waals surface area contributed by atoms with Crippen molar-refractivity contribution in [3.8, 4) is 0 Å². The highest BCUT2D eigenvalue weighted by Crippen LogP contribution is 2.39. The van der Waals surface area contributed by atoms with Crippen molar-refractivity contribution >= 4 is 28.4 Å². The molecule has 1 fully saturated rings. The number of pyridine rings is 1. The number of hydrogen-bond donors (Lipinski definition) is 2. The summed E-state index contributed by atoms with van der Waals surface area (Å²) < 4.78 is 0. The molecule has 1 aliphatic carbocycles. The molecule has 5 heteroatoms. The van der Waals surface area contributed by atoms with Gasteiger partial charge in [-0.05, 0) is 30.9 Å². The van der Waals surface area contributed by atoms with Gasteiger partial charge in [0.05, 0.1) is 23.0 Å². The van der Waals surface area contributed by atoms with Gasteiger partial charge in [-0.1, -0.05) is 32.0 Å². The minimum Gasteiger partial charge on any atom is -0.356 e. The molecule has 24 heavy (non-hydrogen) atoms. The summed E-state index contributed by atoms with van der Waals surface area (Å²) in [6.07, 6.45) is 3.29. The molecule has 126 valence electrons. The van der Waals surface area contributed by atoms with Crippen LogP contribution in [0, 0.1) is 17.8 Å². The summed E-state index contributed by atoms with van der Waals surface area (Å²) in [6, 6.07) is 9.52. The third-order valence-electron chi connectivity index (χ3n) is 4.38. The monoisotopic (exact) mass is 325 g/mol. The molecule has 0 aliphatic heterocycles. The lowest BCUT2D eigenvalue weighted by molar-refractivity contribution is -0.125. The fourth-order valence-corrected chi connectivity index (χ4v) is 2.82. The zero-order chi connectivity index (χ0) is 17.1. The zero-order valence-electron chi connectivity index (χ0n) is 14.1. The highest BCUT2D eigenvalue weighted by atomic mass is 16.2. The van der Waals surface area contributed by atoms with Crippen LogP contribution >= 0.6 is 0 Å². The molecule has 2 N–H and O–H groups in total. The first-order valence-corrected chi connectivity index (χ1v) is 8.48. The highest BCUT2D eigenvalue weighted by Gasteiger charge is 2.47. The average Bonchev–Trinajstić information content (AvgIpc) is 3.35. The van der Waals surface area contributed by atoms with Crippen LogP contribution in [0.5, 0.6) is 0 Å². The van der Waals surface area contributed by atoms with Crippen molar-refractivity contribution in [3.05, 3.63) is 36.5 Å². The lowest BCUT2D eigenvalue weighted by Crippen LogP contribution is -2.28. The fraction of sp³-hybridized carbons (Fsp3) is 0.421. The van der Waals surface area contributed by atoms with Gasteiger partial charge in [-0.2, -0.15) is 0 Å². The second-order valence-electron chi connectivity index (χ2n) is 6.79. The first-order chi connectivity index (χ1) is 11.6. The van der Waals surface area contributed by atoms with Gasteiger partial charge in [0.25, 0.3) is 0 Å². The molecule has 1 aromatic heterocycles. The largest absolute Gasteiger partial charge is 0.356 e. The Kier molecular flexibility index (Phi) is 4.79. The molecule has 5 nitrogen and oxygen atoms in total. The third kappa shape index (κ3) is 3.72. The van der Waals surface area contributed by atoms with Gasteiger partial charge in [0.2, 0.25) is 11.8 Å². The van der Waals surface area contributed by atoms with E-state index in [0.717, 1.165) is 17.3 Å². The van der Waals surface area contributed by atoms with Gasteiger partial charge in [0.1, 0.15) is 0 Å². The normalized spacial score (nSPS) is 19.3. The maximum atomic E-state index is 12.4. The number of rotatable bonds is 6. The lowest BCUT2D eigenvalue weighted by atomic mass is 10.1. The van der Waals surface area contributed by atoms with Crippen LogP contribution in [0.1, 0.15) is 26.7 Å². The molecule has 0 radical (unpaired) electrons. The maximum absolute atomic E-state index is 12.4. The molecule has 2 atom stereocenters. The van der Waals surface area contributed by atoms with Crippen LogP contribution in [0.4, 0.5) is 5.69 Å². The van der Waals surface area contributed by atoms with Gasteiger partial charge in [-0.3, -0.25) is 14.6 Å². The van der Waals surface area contributed by atoms with Gasteiger partial charge in [0, 0.05) is 18.1 Å². The van der Waals surface area contributed by atoms with E-state index < -0.39 is 0 Å². The predicted molar refractivity (Wildman–Crippen MR) is 94.4 cm³/mol. The number of carbonyl (C=O) groups excluding carboxylic acids is 2. The Labute approximate surface area is 141 Å². The van der Waals surface area contributed by atoms with Crippen molar-refractivity contribution in [1.29, 1.82) is 0 Å². The second kappa shape index (κ2) is 6.99. The van der Waals surface area contributed by atoms with Crippen LogP contribution in [0.15, 0.2) is 36.5 Å². The fourth-order valence-electron chi connectivity index (χ4n) is 2.82. The molecule has 2 unspecified atom stereocenters. The number of benzene rings is 1. The average molecular weight is 325 g/mol. The smallest absolute Gasteiger partial charge is 0.228 e. The summed E-state index contributed by atoms with van der Waals surface area (Å²) >= 11 is 0. The van der Waals surface area contributed by atoms with E-state index in [-0.39, 0.29) is 23.7 Å². The minimum atomic E-state index is -0.233. The Balaban J connectivity index is 1.57. The summed E-state index contributed by atoms with van der Waals surface area (Å²) in [5, 5.41) is 6.83. The third-order valence-corrected chi connectivity index (χ3v) is 4.38. The van der Waals surface area contributed by atoms with Crippen LogP contribution < -0.4 is 10.6 Å². The Morgan fingerprint density at radius 2 is 1.92 bits per heavy atom. The van der Waals surface area contributed by atoms with Crippen LogP contribution in [-0.4, -0.2) is 23.3 Å². The van der Waals surface area contributed by atoms with Gasteiger partial charge in [0.15, 0.2) is 0 Å². The Hall–Kier alpha value is -2.43. The highest BCUT2D eigenvalue weighted by molar-refractivity contribution is 6.04. The molecule has 1 aromatic carbocycles. The molecular weight excluding hydrogens is 302 g/mol. The molecular formula is C19H23N3O2. The van der Waals surface area contributed by atoms with Crippen molar-refractivity contribution in [2.45, 2.75) is 26.7 Å². The number of aromatic nitrogens is 1. The lowest BCUT2D eigenvalue weighted by Gasteiger charge is -2.09. The van der Waals surface area contributed by atoms with Gasteiger partial charge in [-0.25, -0.2) is 0 Å². The quantitative estimate of drug-likeness (QED) is 0.858. The molecule has 1 saturated carbocycles. The van der Waals surface area contributed by atoms with Crippen molar-refractivity contribution in [2.24, 2.45) is 17.8 Å². The number of fused-ring (bicyclic) bond motifs is 1. The zero-order valence-corrected chi connectivity index (χ0v) is 14.1. The van der Waals surface area contributed by atoms with Crippen LogP contribution in [-0.2, 0) is 9.59 Å². The number of carbonyl (C=O) groups is 2. The molecule has 3 rings (SSSR count). The predicted octanol–water partition coefficient (Wildman–Crippen LogP) is 2.97. The van der Waals surface area contributed by atoms with Crippen LogP contribution in [0.2, 0.25) is 0 Å². The van der Waals surface area contributed by atoms with Crippen molar-refractivity contribution in [2.75, 3.05) is 11.9 Å². The number of para-hydroxylation sites is 1. The SMILES string of the molecule is CC(C)CCNC(=O)C1CC1C(=O)Nc1cccc2cccnc12. The maximum Gasteiger partial charge on any atom is 0.228 e. The summed E-state index contributed by atoms with van der Waals surface area (Å²) in [7, 11) is 0. The van der Waals surface area contributed by atoms with Gasteiger partial charge >= 0.3 is 0 Å². The summed E-state index contributed by atoms with van der Waals surface area (Å²) in [6.45, 7) is 4.92. The molecule has 0 saturated heterocycles. The number of anilines is 1. The van der Waals surface area contributed by atoms with Gasteiger partial charge in [-0.15, -0.1) is 0 Å². The first-order valence-electron chi connectivity index (χ1n) is 8.48. The number of amides is 2. The molecule has 1 aliphatic rings. The van der Waals surface area contributed by atoms with E-state index in [0.29, 0.717) is 24.6 Å². The molecule has 2 aromatic rings. The van der Waals surface area contributed by atoms with E-state index in [1.54, 1.807) is 6.20 Å². The summed E-state index contributed by atoms with van der Waals surface area (Å²) in [5.74, 6) is 0.0228. The van der Waals surface area contributed by atoms with E-state index in [1.807, 2.05) is 30.3 Å². The Morgan fingerprint density at radius 1 is 1.17 bits per heavy atom. The minimum absolute atomic E-state index is 0.00755. The van der Waals surface area contributed by atoms with E-state index in [1.165, 1.54) is 0 Å². The number of nitrogens with one attached hydrogen (secondary N) is 2. The van der Waals surface area contributed by atoms with Crippen molar-refractivity contribution in [1.82, 2.24) is 10.3 Å². The Bertz CT molecular complexity index is 752. The van der Waals surface area contributed by atoms with E-state index in [9.17, 15) is 9.59 Å². The topological polar surface area (TPSA) is 71.1 Å². The van der Waals surface area contributed by atoms with E-state index in [2.05, 4.69) is 29.5 Å². The Morgan fingerprint density at radius 3 is 2.71 bits per heavy atom. The van der Waals surface area contributed by atoms with Crippen molar-refractivity contribution in [3.63, 3.8) is 0 Å². The van der Waals surface area contributed by atoms with Gasteiger partial charge < -0.3 is 10.6 Å². The first kappa shape index (κ1) is 16.4. The standard InChI is InChI=1S/C19H23N3O2/c1-12(2)8-10-21-18(23)14-11-15(14)19(24)22-16-7-3-5-13-6-4-9-20-17(13)16/h3-7,9,12,14-15H,8,10-11H2,1-2H3,(H,21,23)(H,22,24). The molecule has 0 bridgehead atoms. The van der Waals surface area contributed by atoms with E-state index in [4.69, 9.17) is 0 Å². The second-order valence-corrected chi connectivity index (χ2v) is 6.79. The van der Waals surface area contributed by atoms with Crippen molar-refractivity contribution < 1.29 is 9.59 Å². The number of hydrogen-bond acceptors (Lipinski definition) is 3. The summed E-state index contributed by atoms with van der Waals surface area (Å²) in [5.41, 5.74) is 1.47. The number of nitrogens with zero attached hydrogens (tertiary/aromatic N) is 1. The molecule has 2 amide bonds. The van der Waals surface area contributed by atoms with Crippen LogP contribution in [0.25, 0.3) is 10.9 Å². The molecule has 0 spiro atoms. The summed E-state index contributed by atoms with van der Waals surface area (Å²) in [4.78, 5) is 28.8. The van der Waals surface area contributed by atoms with E-state index >= 15 is 0 Å². The molecule has 1 heterocycles. The van der Waals surface area contributed by atoms with Crippen LogP contribution in [0.3, 0.4) is 0 Å².